The van der Waals surface area contributed by atoms with E-state index >= 15 is 0 Å². The lowest BCUT2D eigenvalue weighted by Gasteiger charge is -2.35. The highest BCUT2D eigenvalue weighted by Gasteiger charge is 2.37. The van der Waals surface area contributed by atoms with Crippen LogP contribution in [0.2, 0.25) is 5.02 Å². The number of ether oxygens (including phenoxy) is 1. The van der Waals surface area contributed by atoms with E-state index in [0.717, 1.165) is 24.0 Å². The molecule has 0 saturated carbocycles. The van der Waals surface area contributed by atoms with Crippen LogP contribution in [0.25, 0.3) is 0 Å². The van der Waals surface area contributed by atoms with Gasteiger partial charge in [0.1, 0.15) is 18.3 Å². The molecule has 0 radical (unpaired) electrons. The molecule has 0 aliphatic rings. The molecule has 0 spiro atoms. The summed E-state index contributed by atoms with van der Waals surface area (Å²) in [6, 6.07) is 17.2. The van der Waals surface area contributed by atoms with Crippen molar-refractivity contribution >= 4 is 39.1 Å². The molecule has 1 N–H and O–H groups in total. The summed E-state index contributed by atoms with van der Waals surface area (Å²) >= 11 is 5.76. The first kappa shape index (κ1) is 34.7. The Morgan fingerprint density at radius 1 is 0.955 bits per heavy atom. The SMILES string of the molecule is COc1cccc(CN(C(=O)CN(c2ccc(Cl)c(C(F)(F)F)c2)S(C)(=O)=O)[C@H](Cc2ccccc2)C(=O)NC(C)(C)C)c1. The molecule has 0 aromatic heterocycles. The van der Waals surface area contributed by atoms with Gasteiger partial charge in [0, 0.05) is 18.5 Å². The number of carbonyl (C=O) groups excluding carboxylic acids is 2. The summed E-state index contributed by atoms with van der Waals surface area (Å²) in [6.45, 7) is 4.33. The number of halogens is 4. The largest absolute Gasteiger partial charge is 0.497 e. The van der Waals surface area contributed by atoms with E-state index in [1.54, 1.807) is 75.4 Å². The monoisotopic (exact) mass is 653 g/mol. The molecule has 0 heterocycles. The number of alkyl halides is 3. The highest BCUT2D eigenvalue weighted by Crippen LogP contribution is 2.37. The van der Waals surface area contributed by atoms with Crippen molar-refractivity contribution in [3.05, 3.63) is 94.5 Å². The molecule has 13 heteroatoms. The molecule has 1 atom stereocenters. The zero-order chi connectivity index (χ0) is 32.9. The molecular formula is C31H35ClF3N3O5S. The van der Waals surface area contributed by atoms with Crippen molar-refractivity contribution in [3.8, 4) is 5.75 Å². The molecule has 0 unspecified atom stereocenters. The fourth-order valence-electron chi connectivity index (χ4n) is 4.47. The number of hydrogen-bond donors (Lipinski definition) is 1. The number of sulfonamides is 1. The first-order valence-corrected chi connectivity index (χ1v) is 15.7. The topological polar surface area (TPSA) is 96.0 Å². The Kier molecular flexibility index (Phi) is 11.0. The Hall–Kier alpha value is -3.77. The third-order valence-electron chi connectivity index (χ3n) is 6.48. The second-order valence-corrected chi connectivity index (χ2v) is 13.6. The summed E-state index contributed by atoms with van der Waals surface area (Å²) in [5, 5.41) is 2.28. The van der Waals surface area contributed by atoms with E-state index in [0.29, 0.717) is 21.7 Å². The van der Waals surface area contributed by atoms with Crippen molar-refractivity contribution < 1.29 is 35.9 Å². The van der Waals surface area contributed by atoms with Gasteiger partial charge in [0.25, 0.3) is 0 Å². The number of nitrogens with one attached hydrogen (secondary N) is 1. The fraction of sp³-hybridized carbons (Fsp3) is 0.355. The lowest BCUT2D eigenvalue weighted by atomic mass is 10.0. The molecule has 0 saturated heterocycles. The van der Waals surface area contributed by atoms with E-state index in [1.165, 1.54) is 12.0 Å². The number of carbonyl (C=O) groups is 2. The summed E-state index contributed by atoms with van der Waals surface area (Å²) in [7, 11) is -2.81. The van der Waals surface area contributed by atoms with Crippen LogP contribution in [0.3, 0.4) is 0 Å². The van der Waals surface area contributed by atoms with Gasteiger partial charge < -0.3 is 15.0 Å². The van der Waals surface area contributed by atoms with E-state index in [-0.39, 0.29) is 13.0 Å². The van der Waals surface area contributed by atoms with Gasteiger partial charge >= 0.3 is 6.18 Å². The Bertz CT molecular complexity index is 1580. The van der Waals surface area contributed by atoms with Crippen LogP contribution >= 0.6 is 11.6 Å². The summed E-state index contributed by atoms with van der Waals surface area (Å²) < 4.78 is 72.6. The Morgan fingerprint density at radius 2 is 1.59 bits per heavy atom. The van der Waals surface area contributed by atoms with Gasteiger partial charge in [0.2, 0.25) is 21.8 Å². The molecule has 3 rings (SSSR count). The average molecular weight is 654 g/mol. The van der Waals surface area contributed by atoms with Crippen LogP contribution in [-0.2, 0) is 38.8 Å². The maximum Gasteiger partial charge on any atom is 0.417 e. The zero-order valence-corrected chi connectivity index (χ0v) is 26.6. The normalized spacial score (nSPS) is 12.8. The molecule has 238 valence electrons. The number of methoxy groups -OCH3 is 1. The predicted molar refractivity (Wildman–Crippen MR) is 164 cm³/mol. The second kappa shape index (κ2) is 13.9. The third kappa shape index (κ3) is 9.62. The van der Waals surface area contributed by atoms with Crippen molar-refractivity contribution in [3.63, 3.8) is 0 Å². The maximum absolute atomic E-state index is 14.1. The van der Waals surface area contributed by atoms with Crippen LogP contribution in [0.5, 0.6) is 5.75 Å². The van der Waals surface area contributed by atoms with E-state index in [4.69, 9.17) is 16.3 Å². The molecular weight excluding hydrogens is 619 g/mol. The average Bonchev–Trinajstić information content (AvgIpc) is 2.92. The quantitative estimate of drug-likeness (QED) is 0.287. The van der Waals surface area contributed by atoms with Crippen molar-refractivity contribution in [2.75, 3.05) is 24.2 Å². The van der Waals surface area contributed by atoms with Crippen LogP contribution in [-0.4, -0.2) is 56.6 Å². The molecule has 0 aliphatic carbocycles. The molecule has 0 fully saturated rings. The molecule has 3 aromatic carbocycles. The van der Waals surface area contributed by atoms with Crippen LogP contribution in [0.4, 0.5) is 18.9 Å². The van der Waals surface area contributed by atoms with Gasteiger partial charge in [-0.1, -0.05) is 54.1 Å². The van der Waals surface area contributed by atoms with Gasteiger partial charge in [0.05, 0.1) is 29.6 Å². The van der Waals surface area contributed by atoms with Crippen LogP contribution in [0, 0.1) is 0 Å². The molecule has 0 bridgehead atoms. The first-order valence-electron chi connectivity index (χ1n) is 13.5. The summed E-state index contributed by atoms with van der Waals surface area (Å²) in [6.07, 6.45) is -4.01. The number of nitrogens with zero attached hydrogens (tertiary/aromatic N) is 2. The van der Waals surface area contributed by atoms with Crippen LogP contribution in [0.15, 0.2) is 72.8 Å². The van der Waals surface area contributed by atoms with Gasteiger partial charge in [-0.3, -0.25) is 13.9 Å². The number of anilines is 1. The smallest absolute Gasteiger partial charge is 0.417 e. The maximum atomic E-state index is 14.1. The highest BCUT2D eigenvalue weighted by atomic mass is 35.5. The van der Waals surface area contributed by atoms with Crippen LogP contribution < -0.4 is 14.4 Å². The van der Waals surface area contributed by atoms with Crippen molar-refractivity contribution in [1.29, 1.82) is 0 Å². The van der Waals surface area contributed by atoms with Gasteiger partial charge in [0.15, 0.2) is 0 Å². The summed E-state index contributed by atoms with van der Waals surface area (Å²) in [4.78, 5) is 29.1. The number of amides is 2. The lowest BCUT2D eigenvalue weighted by Crippen LogP contribution is -2.56. The predicted octanol–water partition coefficient (Wildman–Crippen LogP) is 5.69. The van der Waals surface area contributed by atoms with Gasteiger partial charge in [-0.25, -0.2) is 8.42 Å². The standard InChI is InChI=1S/C31H35ClF3N3O5S/c1-30(2,3)36-29(40)27(17-21-10-7-6-8-11-21)37(19-22-12-9-13-24(16-22)43-4)28(39)20-38(44(5,41)42)23-14-15-26(32)25(18-23)31(33,34)35/h6-16,18,27H,17,19-20H2,1-5H3,(H,36,40)/t27-/m1/s1. The molecule has 44 heavy (non-hydrogen) atoms. The van der Waals surface area contributed by atoms with E-state index in [2.05, 4.69) is 5.32 Å². The van der Waals surface area contributed by atoms with E-state index < -0.39 is 62.4 Å². The highest BCUT2D eigenvalue weighted by molar-refractivity contribution is 7.92. The molecule has 2 amide bonds. The Balaban J connectivity index is 2.13. The van der Waals surface area contributed by atoms with Crippen molar-refractivity contribution in [2.24, 2.45) is 0 Å². The Labute approximate surface area is 260 Å². The van der Waals surface area contributed by atoms with E-state index in [9.17, 15) is 31.2 Å². The number of hydrogen-bond acceptors (Lipinski definition) is 5. The molecule has 3 aromatic rings. The second-order valence-electron chi connectivity index (χ2n) is 11.2. The number of benzene rings is 3. The van der Waals surface area contributed by atoms with Crippen molar-refractivity contribution in [1.82, 2.24) is 10.2 Å². The zero-order valence-electron chi connectivity index (χ0n) is 25.0. The van der Waals surface area contributed by atoms with Gasteiger partial charge in [-0.05, 0) is 62.2 Å². The van der Waals surface area contributed by atoms with E-state index in [1.807, 2.05) is 0 Å². The summed E-state index contributed by atoms with van der Waals surface area (Å²) in [5.74, 6) is -0.812. The third-order valence-corrected chi connectivity index (χ3v) is 7.95. The lowest BCUT2D eigenvalue weighted by molar-refractivity contribution is -0.140. The molecule has 0 aliphatic heterocycles. The van der Waals surface area contributed by atoms with Gasteiger partial charge in [-0.2, -0.15) is 13.2 Å². The van der Waals surface area contributed by atoms with Gasteiger partial charge in [-0.15, -0.1) is 0 Å². The summed E-state index contributed by atoms with van der Waals surface area (Å²) in [5.41, 5.74) is -1.02. The van der Waals surface area contributed by atoms with Crippen molar-refractivity contribution in [2.45, 2.75) is 51.5 Å². The molecule has 8 nitrogen and oxygen atoms in total. The number of rotatable bonds is 11. The first-order chi connectivity index (χ1) is 20.4. The fourth-order valence-corrected chi connectivity index (χ4v) is 5.54. The van der Waals surface area contributed by atoms with Crippen LogP contribution in [0.1, 0.15) is 37.5 Å². The Morgan fingerprint density at radius 3 is 2.16 bits per heavy atom. The minimum absolute atomic E-state index is 0.0799. The minimum atomic E-state index is -4.87. The minimum Gasteiger partial charge on any atom is -0.497 e.